The first-order valence-corrected chi connectivity index (χ1v) is 21.0. The molecule has 0 spiro atoms. The minimum absolute atomic E-state index is 0.0865. The first kappa shape index (κ1) is 34.7. The molecule has 2 bridgehead atoms. The highest BCUT2D eigenvalue weighted by atomic mass is 32.1. The van der Waals surface area contributed by atoms with E-state index in [2.05, 4.69) is 176 Å². The second-order valence-electron chi connectivity index (χ2n) is 17.5. The van der Waals surface area contributed by atoms with Crippen LogP contribution in [0.2, 0.25) is 0 Å². The lowest BCUT2D eigenvalue weighted by atomic mass is 9.64. The van der Waals surface area contributed by atoms with Crippen LogP contribution in [0.15, 0.2) is 97.6 Å². The van der Waals surface area contributed by atoms with Crippen molar-refractivity contribution in [3.05, 3.63) is 125 Å². The van der Waals surface area contributed by atoms with Gasteiger partial charge in [0.25, 0.3) is 5.82 Å². The fourth-order valence-electron chi connectivity index (χ4n) is 10.8. The van der Waals surface area contributed by atoms with Crippen molar-refractivity contribution in [2.24, 2.45) is 0 Å². The highest BCUT2D eigenvalue weighted by Gasteiger charge is 2.68. The molecule has 2 aromatic heterocycles. The van der Waals surface area contributed by atoms with Crippen LogP contribution in [-0.4, -0.2) is 28.9 Å². The molecule has 0 N–H and O–H groups in total. The Morgan fingerprint density at radius 2 is 1.51 bits per heavy atom. The van der Waals surface area contributed by atoms with Crippen molar-refractivity contribution >= 4 is 37.2 Å². The van der Waals surface area contributed by atoms with E-state index in [1.807, 2.05) is 11.3 Å². The van der Waals surface area contributed by atoms with Gasteiger partial charge in [0.15, 0.2) is 18.1 Å². The first-order valence-electron chi connectivity index (χ1n) is 20.2. The van der Waals surface area contributed by atoms with Crippen molar-refractivity contribution in [3.63, 3.8) is 0 Å². The van der Waals surface area contributed by atoms with Gasteiger partial charge in [-0.25, -0.2) is 4.57 Å². The number of quaternary nitrogens is 2. The minimum Gasteiger partial charge on any atom is -0.222 e. The van der Waals surface area contributed by atoms with Crippen LogP contribution in [-0.2, 0) is 5.41 Å². The Hall–Kier alpha value is -4.03. The topological polar surface area (TPSA) is 8.81 Å². The average molecular weight is 722 g/mol. The van der Waals surface area contributed by atoms with E-state index in [1.54, 1.807) is 0 Å². The third-order valence-corrected chi connectivity index (χ3v) is 15.1. The van der Waals surface area contributed by atoms with Crippen LogP contribution in [0.1, 0.15) is 127 Å². The summed E-state index contributed by atoms with van der Waals surface area (Å²) in [4.78, 5) is 0. The molecule has 4 aliphatic heterocycles. The minimum atomic E-state index is -0.0865. The lowest BCUT2D eigenvalue weighted by Crippen LogP contribution is -2.76. The Morgan fingerprint density at radius 1 is 0.830 bits per heavy atom. The molecule has 0 amide bonds. The van der Waals surface area contributed by atoms with E-state index < -0.39 is 0 Å². The summed E-state index contributed by atoms with van der Waals surface area (Å²) in [5.74, 6) is 2.57. The molecule has 0 radical (unpaired) electrons. The zero-order valence-electron chi connectivity index (χ0n) is 33.4. The maximum absolute atomic E-state index is 2.72. The summed E-state index contributed by atoms with van der Waals surface area (Å²) in [6.07, 6.45) is 12.4. The third-order valence-electron chi connectivity index (χ3n) is 14.0. The van der Waals surface area contributed by atoms with Crippen LogP contribution < -0.4 is 9.05 Å². The summed E-state index contributed by atoms with van der Waals surface area (Å²) in [6, 6.07) is 28.6. The van der Waals surface area contributed by atoms with Gasteiger partial charge in [0.2, 0.25) is 12.8 Å². The van der Waals surface area contributed by atoms with Crippen LogP contribution in [0.25, 0.3) is 37.2 Å². The van der Waals surface area contributed by atoms with Crippen LogP contribution in [0.4, 0.5) is 5.69 Å². The molecule has 0 saturated carbocycles. The molecular weight excluding hydrogens is 665 g/mol. The highest BCUT2D eigenvalue weighted by Crippen LogP contribution is 2.58. The Kier molecular flexibility index (Phi) is 7.85. The molecule has 0 aliphatic carbocycles. The Morgan fingerprint density at radius 3 is 2.13 bits per heavy atom. The van der Waals surface area contributed by atoms with Gasteiger partial charge in [0.1, 0.15) is 24.1 Å². The largest absolute Gasteiger partial charge is 0.294 e. The summed E-state index contributed by atoms with van der Waals surface area (Å²) in [7, 11) is 2.41. The van der Waals surface area contributed by atoms with Gasteiger partial charge >= 0.3 is 0 Å². The van der Waals surface area contributed by atoms with Crippen LogP contribution in [0.5, 0.6) is 0 Å². The Balaban J connectivity index is 1.40. The van der Waals surface area contributed by atoms with Gasteiger partial charge in [0, 0.05) is 38.9 Å². The standard InChI is InChI=1S/C48H57N4S/c1-11-48(12-2)41-19-15-13-18-37(41)47-49(43-39(31(5)6)27-34(30(3)4)28-40(43)32(7)8)23-24-50(47)46(48)38-22-21-36-35-17-14-16-20-42(35)53-45(36)44(38)52-26-25-51(10,29-52)33(52)9/h13-28,30-33,46H,11-12,29H2,1-10H3/q+3. The predicted octanol–water partition coefficient (Wildman–Crippen LogP) is 12.4. The Bertz CT molecular complexity index is 2430. The van der Waals surface area contributed by atoms with Crippen molar-refractivity contribution in [2.45, 2.75) is 111 Å². The van der Waals surface area contributed by atoms with E-state index in [-0.39, 0.29) is 11.5 Å². The van der Waals surface area contributed by atoms with Gasteiger partial charge < -0.3 is 0 Å². The molecule has 5 heteroatoms. The molecule has 4 unspecified atom stereocenters. The van der Waals surface area contributed by atoms with Crippen molar-refractivity contribution in [3.8, 4) is 17.1 Å². The van der Waals surface area contributed by atoms with Gasteiger partial charge in [-0.2, -0.15) is 13.5 Å². The van der Waals surface area contributed by atoms with E-state index >= 15 is 0 Å². The predicted molar refractivity (Wildman–Crippen MR) is 225 cm³/mol. The Labute approximate surface area is 320 Å². The van der Waals surface area contributed by atoms with E-state index in [0.717, 1.165) is 28.5 Å². The summed E-state index contributed by atoms with van der Waals surface area (Å²) >= 11 is 2.00. The number of nitrogens with zero attached hydrogens (tertiary/aromatic N) is 4. The first-order chi connectivity index (χ1) is 25.4. The molecule has 6 heterocycles. The molecular formula is C48H57N4S+3. The molecule has 1 fully saturated rings. The number of benzene rings is 4. The number of imidazole rings is 1. The molecule has 4 aliphatic rings. The molecule has 4 aromatic carbocycles. The van der Waals surface area contributed by atoms with Crippen molar-refractivity contribution in [1.82, 2.24) is 9.05 Å². The molecule has 4 atom stereocenters. The summed E-state index contributed by atoms with van der Waals surface area (Å²) in [5.41, 5.74) is 11.5. The lowest BCUT2D eigenvalue weighted by Gasteiger charge is -2.52. The molecule has 53 heavy (non-hydrogen) atoms. The highest BCUT2D eigenvalue weighted by molar-refractivity contribution is 7.26. The summed E-state index contributed by atoms with van der Waals surface area (Å²) < 4.78 is 10.1. The van der Waals surface area contributed by atoms with Crippen molar-refractivity contribution < 1.29 is 9.05 Å². The molecule has 272 valence electrons. The van der Waals surface area contributed by atoms with Gasteiger partial charge in [0.05, 0.1) is 22.9 Å². The zero-order chi connectivity index (χ0) is 37.2. The number of aromatic nitrogens is 2. The van der Waals surface area contributed by atoms with Gasteiger partial charge in [-0.3, -0.25) is 0 Å². The molecule has 6 aromatic rings. The van der Waals surface area contributed by atoms with E-state index in [1.165, 1.54) is 70.8 Å². The van der Waals surface area contributed by atoms with Crippen LogP contribution >= 0.6 is 11.3 Å². The van der Waals surface area contributed by atoms with Gasteiger partial charge in [-0.1, -0.05) is 110 Å². The number of rotatable bonds is 8. The number of hydrogen-bond acceptors (Lipinski definition) is 1. The number of hydrogen-bond donors (Lipinski definition) is 0. The van der Waals surface area contributed by atoms with Crippen molar-refractivity contribution in [1.29, 1.82) is 0 Å². The maximum atomic E-state index is 2.72. The van der Waals surface area contributed by atoms with Crippen LogP contribution in [0, 0.1) is 0 Å². The van der Waals surface area contributed by atoms with E-state index in [4.69, 9.17) is 0 Å². The molecule has 1 saturated heterocycles. The molecule has 10 rings (SSSR count). The van der Waals surface area contributed by atoms with Crippen LogP contribution in [0.3, 0.4) is 0 Å². The average Bonchev–Trinajstić information content (AvgIpc) is 3.92. The summed E-state index contributed by atoms with van der Waals surface area (Å²) in [6.45, 7) is 22.6. The lowest BCUT2D eigenvalue weighted by molar-refractivity contribution is -0.941. The second-order valence-corrected chi connectivity index (χ2v) is 18.6. The number of thiophene rings is 1. The zero-order valence-corrected chi connectivity index (χ0v) is 34.3. The van der Waals surface area contributed by atoms with Crippen molar-refractivity contribution in [2.75, 3.05) is 13.7 Å². The van der Waals surface area contributed by atoms with Gasteiger partial charge in [-0.05, 0) is 59.9 Å². The fraction of sp³-hybridized carbons (Fsp3) is 0.396. The quantitative estimate of drug-likeness (QED) is 0.109. The second kappa shape index (κ2) is 12.0. The van der Waals surface area contributed by atoms with E-state index in [0.29, 0.717) is 23.9 Å². The monoisotopic (exact) mass is 721 g/mol. The summed E-state index contributed by atoms with van der Waals surface area (Å²) in [5, 5.41) is 2.78. The number of fused-ring (bicyclic) bond motifs is 6. The normalized spacial score (nSPS) is 24.1. The smallest absolute Gasteiger partial charge is 0.222 e. The van der Waals surface area contributed by atoms with Gasteiger partial charge in [-0.15, -0.1) is 11.3 Å². The SMILES string of the molecule is CCC1(CC)c2ccccc2-c2n(-c3c(C(C)C)cc(C(C)C)cc3C(C)C)cc[n+]2C1c1ccc2c(sc3ccccc32)c1[N+]12C=C[N+](C)(C1)C2C. The fourth-order valence-corrected chi connectivity index (χ4v) is 12.1. The third kappa shape index (κ3) is 4.57. The maximum Gasteiger partial charge on any atom is 0.294 e. The van der Waals surface area contributed by atoms with E-state index in [9.17, 15) is 0 Å². The molecule has 4 nitrogen and oxygen atoms in total.